The summed E-state index contributed by atoms with van der Waals surface area (Å²) in [5, 5.41) is 15.4. The molecule has 188 valence electrons. The Morgan fingerprint density at radius 3 is 2.32 bits per heavy atom. The number of aliphatic hydroxyl groups is 1. The summed E-state index contributed by atoms with van der Waals surface area (Å²) < 4.78 is 40.2. The number of rotatable bonds is 7. The van der Waals surface area contributed by atoms with E-state index in [1.54, 1.807) is 46.5 Å². The Bertz CT molecular complexity index is 1510. The number of aromatic nitrogens is 2. The van der Waals surface area contributed by atoms with Crippen molar-refractivity contribution in [1.82, 2.24) is 20.2 Å². The number of nitrogens with zero attached hydrogens (tertiary/aromatic N) is 3. The summed E-state index contributed by atoms with van der Waals surface area (Å²) in [4.78, 5) is 36.1. The molecular formula is C25H18F2N4O6. The zero-order valence-electron chi connectivity index (χ0n) is 18.9. The first-order chi connectivity index (χ1) is 17.8. The Labute approximate surface area is 207 Å². The third kappa shape index (κ3) is 4.34. The van der Waals surface area contributed by atoms with E-state index in [2.05, 4.69) is 5.10 Å². The van der Waals surface area contributed by atoms with E-state index in [0.717, 1.165) is 10.9 Å². The third-order valence-electron chi connectivity index (χ3n) is 5.72. The van der Waals surface area contributed by atoms with Crippen LogP contribution < -0.4 is 14.8 Å². The molecule has 37 heavy (non-hydrogen) atoms. The first kappa shape index (κ1) is 23.9. The van der Waals surface area contributed by atoms with E-state index in [1.165, 1.54) is 36.4 Å². The molecule has 4 amide bonds. The third-order valence-corrected chi connectivity index (χ3v) is 5.72. The minimum absolute atomic E-state index is 0.00285. The van der Waals surface area contributed by atoms with Crippen LogP contribution in [0.2, 0.25) is 0 Å². The van der Waals surface area contributed by atoms with Gasteiger partial charge in [0.15, 0.2) is 0 Å². The standard InChI is InChI=1S/C25H18F2N4O6/c26-16-1-3-17(4-2-16)31-21-10-9-20(13-15(21)14-28-31)36-18-5-7-19(8-6-18)37-25(11-12-32)22(33)29-24(35)30(27)23(25)34/h1-10,13-14,32H,11-12H2,(H,29,33,35). The van der Waals surface area contributed by atoms with Crippen LogP contribution in [0.15, 0.2) is 72.9 Å². The fraction of sp³-hybridized carbons (Fsp3) is 0.120. The van der Waals surface area contributed by atoms with Crippen LogP contribution in [-0.2, 0) is 9.59 Å². The van der Waals surface area contributed by atoms with Gasteiger partial charge in [0.25, 0.3) is 11.5 Å². The van der Waals surface area contributed by atoms with E-state index in [9.17, 15) is 28.4 Å². The molecule has 0 bridgehead atoms. The first-order valence-corrected chi connectivity index (χ1v) is 11.0. The number of nitrogens with one attached hydrogen (secondary N) is 1. The highest BCUT2D eigenvalue weighted by Gasteiger charge is 2.57. The average molecular weight is 508 g/mol. The molecule has 1 unspecified atom stereocenters. The Balaban J connectivity index is 1.34. The van der Waals surface area contributed by atoms with E-state index in [4.69, 9.17) is 9.47 Å². The lowest BCUT2D eigenvalue weighted by molar-refractivity contribution is -0.170. The lowest BCUT2D eigenvalue weighted by Gasteiger charge is -2.35. The predicted octanol–water partition coefficient (Wildman–Crippen LogP) is 3.42. The van der Waals surface area contributed by atoms with E-state index in [-0.39, 0.29) is 11.6 Å². The topological polar surface area (TPSA) is 123 Å². The molecule has 5 rings (SSSR count). The SMILES string of the molecule is O=C1NC(=O)C(CCO)(Oc2ccc(Oc3ccc4c(cnn4-c4ccc(F)cc4)c3)cc2)C(=O)N1F. The van der Waals surface area contributed by atoms with Crippen molar-refractivity contribution in [2.75, 3.05) is 6.61 Å². The fourth-order valence-corrected chi connectivity index (χ4v) is 3.89. The lowest BCUT2D eigenvalue weighted by Crippen LogP contribution is -2.68. The van der Waals surface area contributed by atoms with Crippen molar-refractivity contribution in [3.05, 3.63) is 78.7 Å². The second kappa shape index (κ2) is 9.32. The van der Waals surface area contributed by atoms with Crippen LogP contribution in [0.5, 0.6) is 17.2 Å². The molecule has 1 aliphatic rings. The Morgan fingerprint density at radius 2 is 1.62 bits per heavy atom. The van der Waals surface area contributed by atoms with Crippen LogP contribution >= 0.6 is 0 Å². The van der Waals surface area contributed by atoms with Gasteiger partial charge in [0.2, 0.25) is 0 Å². The zero-order valence-corrected chi connectivity index (χ0v) is 18.9. The summed E-state index contributed by atoms with van der Waals surface area (Å²) in [7, 11) is 0. The summed E-state index contributed by atoms with van der Waals surface area (Å²) in [6.45, 7) is -0.678. The average Bonchev–Trinajstić information content (AvgIpc) is 3.31. The molecule has 1 aromatic heterocycles. The summed E-state index contributed by atoms with van der Waals surface area (Å²) in [6, 6.07) is 15.5. The molecule has 0 aliphatic carbocycles. The van der Waals surface area contributed by atoms with Crippen molar-refractivity contribution in [2.45, 2.75) is 12.0 Å². The van der Waals surface area contributed by atoms with Gasteiger partial charge in [-0.1, -0.05) is 9.60 Å². The molecular weight excluding hydrogens is 490 g/mol. The molecule has 4 aromatic rings. The second-order valence-corrected chi connectivity index (χ2v) is 8.07. The van der Waals surface area contributed by atoms with Crippen LogP contribution in [-0.4, -0.2) is 50.1 Å². The van der Waals surface area contributed by atoms with Gasteiger partial charge >= 0.3 is 11.9 Å². The summed E-state index contributed by atoms with van der Waals surface area (Å²) >= 11 is 0. The predicted molar refractivity (Wildman–Crippen MR) is 124 cm³/mol. The number of carbonyl (C=O) groups excluding carboxylic acids is 3. The van der Waals surface area contributed by atoms with Gasteiger partial charge < -0.3 is 14.6 Å². The Kier molecular flexibility index (Phi) is 6.01. The molecule has 0 spiro atoms. The molecule has 1 saturated heterocycles. The van der Waals surface area contributed by atoms with Gasteiger partial charge in [0, 0.05) is 18.4 Å². The van der Waals surface area contributed by atoms with Crippen LogP contribution in [0.3, 0.4) is 0 Å². The van der Waals surface area contributed by atoms with E-state index >= 15 is 0 Å². The second-order valence-electron chi connectivity index (χ2n) is 8.07. The maximum absolute atomic E-state index is 13.9. The number of ether oxygens (including phenoxy) is 2. The molecule has 10 nitrogen and oxygen atoms in total. The van der Waals surface area contributed by atoms with Crippen LogP contribution in [0.25, 0.3) is 16.6 Å². The largest absolute Gasteiger partial charge is 0.467 e. The van der Waals surface area contributed by atoms with Gasteiger partial charge in [-0.2, -0.15) is 5.10 Å². The number of imide groups is 2. The zero-order chi connectivity index (χ0) is 26.2. The Hall–Kier alpha value is -4.84. The fourth-order valence-electron chi connectivity index (χ4n) is 3.89. The minimum atomic E-state index is -2.45. The number of barbiturate groups is 1. The number of benzene rings is 3. The molecule has 0 saturated carbocycles. The van der Waals surface area contributed by atoms with Gasteiger partial charge in [-0.15, -0.1) is 0 Å². The summed E-state index contributed by atoms with van der Waals surface area (Å²) in [5.74, 6) is -2.18. The first-order valence-electron chi connectivity index (χ1n) is 11.0. The maximum atomic E-state index is 13.9. The summed E-state index contributed by atoms with van der Waals surface area (Å²) in [6.07, 6.45) is 1.07. The number of aliphatic hydroxyl groups excluding tert-OH is 1. The molecule has 12 heteroatoms. The van der Waals surface area contributed by atoms with E-state index in [0.29, 0.717) is 17.2 Å². The normalized spacial score (nSPS) is 17.7. The quantitative estimate of drug-likeness (QED) is 0.290. The van der Waals surface area contributed by atoms with Crippen molar-refractivity contribution < 1.29 is 37.8 Å². The van der Waals surface area contributed by atoms with Crippen LogP contribution in [0.1, 0.15) is 6.42 Å². The van der Waals surface area contributed by atoms with Crippen molar-refractivity contribution >= 4 is 28.7 Å². The number of hydrogen-bond donors (Lipinski definition) is 2. The summed E-state index contributed by atoms with van der Waals surface area (Å²) in [5.41, 5.74) is -0.965. The van der Waals surface area contributed by atoms with Crippen LogP contribution in [0, 0.1) is 5.82 Å². The van der Waals surface area contributed by atoms with E-state index in [1.807, 2.05) is 0 Å². The van der Waals surface area contributed by atoms with Gasteiger partial charge in [0.05, 0.1) is 17.4 Å². The smallest absolute Gasteiger partial charge is 0.359 e. The maximum Gasteiger partial charge on any atom is 0.359 e. The monoisotopic (exact) mass is 508 g/mol. The van der Waals surface area contributed by atoms with Crippen molar-refractivity contribution in [1.29, 1.82) is 0 Å². The number of fused-ring (bicyclic) bond motifs is 1. The van der Waals surface area contributed by atoms with Crippen molar-refractivity contribution in [3.63, 3.8) is 0 Å². The number of halogens is 2. The highest BCUT2D eigenvalue weighted by atomic mass is 19.2. The molecule has 3 aromatic carbocycles. The van der Waals surface area contributed by atoms with Crippen molar-refractivity contribution in [2.24, 2.45) is 0 Å². The molecule has 0 radical (unpaired) electrons. The molecule has 1 aliphatic heterocycles. The highest BCUT2D eigenvalue weighted by molar-refractivity contribution is 6.21. The molecule has 1 atom stereocenters. The molecule has 2 heterocycles. The van der Waals surface area contributed by atoms with Gasteiger partial charge in [-0.25, -0.2) is 13.9 Å². The van der Waals surface area contributed by atoms with Crippen molar-refractivity contribution in [3.8, 4) is 22.9 Å². The lowest BCUT2D eigenvalue weighted by atomic mass is 9.95. The van der Waals surface area contributed by atoms with Crippen LogP contribution in [0.4, 0.5) is 13.7 Å². The Morgan fingerprint density at radius 1 is 0.946 bits per heavy atom. The number of hydrogen-bond acceptors (Lipinski definition) is 7. The molecule has 1 fully saturated rings. The number of carbonyl (C=O) groups is 3. The minimum Gasteiger partial charge on any atom is -0.467 e. The van der Waals surface area contributed by atoms with Gasteiger partial charge in [-0.05, 0) is 66.7 Å². The number of amides is 4. The number of urea groups is 1. The van der Waals surface area contributed by atoms with Gasteiger partial charge in [0.1, 0.15) is 23.1 Å². The van der Waals surface area contributed by atoms with Gasteiger partial charge in [-0.3, -0.25) is 14.9 Å². The molecule has 2 N–H and O–H groups in total. The highest BCUT2D eigenvalue weighted by Crippen LogP contribution is 2.31. The van der Waals surface area contributed by atoms with E-state index < -0.39 is 41.6 Å².